The maximum absolute atomic E-state index is 4.84. The van der Waals surface area contributed by atoms with E-state index >= 15 is 0 Å². The lowest BCUT2D eigenvalue weighted by Gasteiger charge is -2.12. The van der Waals surface area contributed by atoms with Gasteiger partial charge in [-0.3, -0.25) is 0 Å². The fourth-order valence-electron chi connectivity index (χ4n) is 2.59. The molecule has 0 amide bonds. The van der Waals surface area contributed by atoms with Gasteiger partial charge in [0.2, 0.25) is 0 Å². The van der Waals surface area contributed by atoms with Gasteiger partial charge in [-0.1, -0.05) is 35.9 Å². The smallest absolute Gasteiger partial charge is 0.137 e. The Kier molecular flexibility index (Phi) is 5.85. The fourth-order valence-corrected chi connectivity index (χ4v) is 2.59. The molecule has 23 heavy (non-hydrogen) atoms. The molecular weight excluding hydrogens is 302 g/mol. The predicted molar refractivity (Wildman–Crippen MR) is 102 cm³/mol. The minimum atomic E-state index is 0.869. The summed E-state index contributed by atoms with van der Waals surface area (Å²) < 4.78 is 2.21. The highest BCUT2D eigenvalue weighted by molar-refractivity contribution is 7.79. The van der Waals surface area contributed by atoms with Crippen molar-refractivity contribution in [3.63, 3.8) is 0 Å². The molecular formula is C19H25N3S. The predicted octanol–water partition coefficient (Wildman–Crippen LogP) is 4.23. The van der Waals surface area contributed by atoms with Crippen LogP contribution in [-0.2, 0) is 6.54 Å². The van der Waals surface area contributed by atoms with E-state index in [1.54, 1.807) is 6.26 Å². The summed E-state index contributed by atoms with van der Waals surface area (Å²) in [5, 5.41) is 0. The number of pyridine rings is 1. The van der Waals surface area contributed by atoms with Crippen LogP contribution in [0.5, 0.6) is 0 Å². The van der Waals surface area contributed by atoms with E-state index in [9.17, 15) is 0 Å². The first-order chi connectivity index (χ1) is 11.0. The Labute approximate surface area is 144 Å². The molecule has 3 rings (SSSR count). The number of hydrogen-bond acceptors (Lipinski definition) is 3. The summed E-state index contributed by atoms with van der Waals surface area (Å²) in [6.07, 6.45) is 3.86. The first-order valence-electron chi connectivity index (χ1n) is 7.68. The van der Waals surface area contributed by atoms with Gasteiger partial charge in [-0.05, 0) is 45.8 Å². The van der Waals surface area contributed by atoms with Crippen molar-refractivity contribution in [1.29, 1.82) is 0 Å². The molecule has 0 unspecified atom stereocenters. The van der Waals surface area contributed by atoms with Crippen molar-refractivity contribution in [2.75, 3.05) is 20.4 Å². The van der Waals surface area contributed by atoms with Gasteiger partial charge in [0.25, 0.3) is 0 Å². The van der Waals surface area contributed by atoms with Crippen LogP contribution in [0.3, 0.4) is 0 Å². The molecule has 2 aromatic heterocycles. The molecule has 0 saturated carbocycles. The Bertz CT molecular complexity index is 773. The highest BCUT2D eigenvalue weighted by Gasteiger charge is 2.14. The van der Waals surface area contributed by atoms with Gasteiger partial charge in [-0.2, -0.15) is 12.6 Å². The van der Waals surface area contributed by atoms with Gasteiger partial charge >= 0.3 is 0 Å². The molecule has 2 heterocycles. The summed E-state index contributed by atoms with van der Waals surface area (Å²) in [5.74, 6) is 0. The van der Waals surface area contributed by atoms with Crippen LogP contribution >= 0.6 is 12.6 Å². The fraction of sp³-hybridized carbons (Fsp3) is 0.316. The number of imidazole rings is 1. The van der Waals surface area contributed by atoms with E-state index in [1.807, 2.05) is 0 Å². The van der Waals surface area contributed by atoms with Crippen LogP contribution in [0.1, 0.15) is 16.8 Å². The Balaban J connectivity index is 0.000000924. The molecule has 122 valence electrons. The van der Waals surface area contributed by atoms with Crippen LogP contribution in [0.2, 0.25) is 0 Å². The molecule has 0 bridgehead atoms. The summed E-state index contributed by atoms with van der Waals surface area (Å²) >= 11 is 3.53. The van der Waals surface area contributed by atoms with Gasteiger partial charge in [0.15, 0.2) is 0 Å². The van der Waals surface area contributed by atoms with E-state index in [0.717, 1.165) is 17.9 Å². The first-order valence-corrected chi connectivity index (χ1v) is 8.58. The molecule has 0 fully saturated rings. The van der Waals surface area contributed by atoms with Gasteiger partial charge in [0, 0.05) is 18.3 Å². The maximum atomic E-state index is 4.84. The lowest BCUT2D eigenvalue weighted by Crippen LogP contribution is -2.13. The largest absolute Gasteiger partial charge is 0.304 e. The lowest BCUT2D eigenvalue weighted by molar-refractivity contribution is 0.396. The van der Waals surface area contributed by atoms with Crippen LogP contribution in [0.15, 0.2) is 42.6 Å². The number of benzene rings is 1. The summed E-state index contributed by atoms with van der Waals surface area (Å²) in [6.45, 7) is 5.09. The number of thiol groups is 1. The van der Waals surface area contributed by atoms with Crippen molar-refractivity contribution in [2.45, 2.75) is 20.4 Å². The third kappa shape index (κ3) is 3.95. The Morgan fingerprint density at radius 2 is 1.57 bits per heavy atom. The van der Waals surface area contributed by atoms with Gasteiger partial charge in [-0.15, -0.1) is 0 Å². The molecule has 0 N–H and O–H groups in total. The van der Waals surface area contributed by atoms with Crippen LogP contribution in [-0.4, -0.2) is 34.6 Å². The van der Waals surface area contributed by atoms with Crippen LogP contribution < -0.4 is 0 Å². The molecule has 0 spiro atoms. The molecule has 0 radical (unpaired) electrons. The number of rotatable bonds is 3. The quantitative estimate of drug-likeness (QED) is 0.727. The summed E-state index contributed by atoms with van der Waals surface area (Å²) in [5.41, 5.74) is 7.02. The Morgan fingerprint density at radius 1 is 0.957 bits per heavy atom. The van der Waals surface area contributed by atoms with Gasteiger partial charge in [0.05, 0.1) is 11.4 Å². The normalized spacial score (nSPS) is 10.7. The second-order valence-electron chi connectivity index (χ2n) is 5.95. The van der Waals surface area contributed by atoms with Gasteiger partial charge in [-0.25, -0.2) is 4.98 Å². The van der Waals surface area contributed by atoms with Crippen molar-refractivity contribution >= 4 is 18.3 Å². The second kappa shape index (κ2) is 7.66. The van der Waals surface area contributed by atoms with E-state index in [2.05, 4.69) is 92.5 Å². The van der Waals surface area contributed by atoms with E-state index in [4.69, 9.17) is 4.98 Å². The van der Waals surface area contributed by atoms with Crippen LogP contribution in [0, 0.1) is 13.8 Å². The standard InChI is InChI=1S/C18H21N3.CH4S/c1-13-5-8-15(9-6-13)18-16(12-20(3)4)21-11-14(2)7-10-17(21)19-18;1-2/h5-11H,12H2,1-4H3;2H,1H3. The maximum Gasteiger partial charge on any atom is 0.137 e. The van der Waals surface area contributed by atoms with E-state index < -0.39 is 0 Å². The number of aromatic nitrogens is 2. The monoisotopic (exact) mass is 327 g/mol. The minimum absolute atomic E-state index is 0.869. The van der Waals surface area contributed by atoms with Crippen LogP contribution in [0.25, 0.3) is 16.9 Å². The van der Waals surface area contributed by atoms with E-state index in [-0.39, 0.29) is 0 Å². The summed E-state index contributed by atoms with van der Waals surface area (Å²) in [7, 11) is 4.18. The van der Waals surface area contributed by atoms with E-state index in [0.29, 0.717) is 0 Å². The lowest BCUT2D eigenvalue weighted by atomic mass is 10.1. The van der Waals surface area contributed by atoms with Crippen molar-refractivity contribution in [2.24, 2.45) is 0 Å². The molecule has 4 heteroatoms. The third-order valence-electron chi connectivity index (χ3n) is 3.66. The molecule has 3 aromatic rings. The minimum Gasteiger partial charge on any atom is -0.304 e. The topological polar surface area (TPSA) is 20.5 Å². The molecule has 0 saturated heterocycles. The zero-order chi connectivity index (χ0) is 17.0. The molecule has 0 aliphatic rings. The summed E-state index contributed by atoms with van der Waals surface area (Å²) in [4.78, 5) is 7.03. The highest BCUT2D eigenvalue weighted by atomic mass is 32.1. The molecule has 0 aliphatic heterocycles. The second-order valence-corrected chi connectivity index (χ2v) is 5.95. The number of aryl methyl sites for hydroxylation is 2. The van der Waals surface area contributed by atoms with E-state index in [1.165, 1.54) is 22.4 Å². The van der Waals surface area contributed by atoms with Crippen molar-refractivity contribution in [3.05, 3.63) is 59.4 Å². The Hall–Kier alpha value is -1.78. The van der Waals surface area contributed by atoms with Gasteiger partial charge in [0.1, 0.15) is 5.65 Å². The van der Waals surface area contributed by atoms with Gasteiger partial charge < -0.3 is 9.30 Å². The number of fused-ring (bicyclic) bond motifs is 1. The first kappa shape index (κ1) is 17.6. The van der Waals surface area contributed by atoms with Crippen molar-refractivity contribution < 1.29 is 0 Å². The number of hydrogen-bond donors (Lipinski definition) is 1. The SMILES string of the molecule is CS.Cc1ccc(-c2nc3ccc(C)cn3c2CN(C)C)cc1. The average Bonchev–Trinajstić information content (AvgIpc) is 2.87. The highest BCUT2D eigenvalue weighted by Crippen LogP contribution is 2.26. The molecule has 0 aliphatic carbocycles. The zero-order valence-electron chi connectivity index (χ0n) is 14.5. The molecule has 3 nitrogen and oxygen atoms in total. The third-order valence-corrected chi connectivity index (χ3v) is 3.66. The number of nitrogens with zero attached hydrogens (tertiary/aromatic N) is 3. The summed E-state index contributed by atoms with van der Waals surface area (Å²) in [6, 6.07) is 12.8. The average molecular weight is 327 g/mol. The van der Waals surface area contributed by atoms with Crippen LogP contribution in [0.4, 0.5) is 0 Å². The Morgan fingerprint density at radius 3 is 2.17 bits per heavy atom. The molecule has 0 atom stereocenters. The van der Waals surface area contributed by atoms with Crippen molar-refractivity contribution in [3.8, 4) is 11.3 Å². The van der Waals surface area contributed by atoms with Crippen molar-refractivity contribution in [1.82, 2.24) is 14.3 Å². The zero-order valence-corrected chi connectivity index (χ0v) is 15.4. The molecule has 1 aromatic carbocycles.